The Balaban J connectivity index is 2.18. The van der Waals surface area contributed by atoms with Crippen LogP contribution in [0.3, 0.4) is 0 Å². The molecule has 8 nitrogen and oxygen atoms in total. The summed E-state index contributed by atoms with van der Waals surface area (Å²) in [7, 11) is 5.97. The molecule has 0 saturated heterocycles. The number of likely N-dealkylation sites (N-methyl/N-ethyl adjacent to an activating group) is 2. The highest BCUT2D eigenvalue weighted by Gasteiger charge is 2.21. The molecular weight excluding hydrogens is 356 g/mol. The molecule has 2 aromatic heterocycles. The van der Waals surface area contributed by atoms with Crippen molar-refractivity contribution in [3.63, 3.8) is 0 Å². The molecule has 0 radical (unpaired) electrons. The standard InChI is InChI=1S/C20H26N6O2/c1-5-28-14-8-13(10-22-11-14)15-9-16(26(4)7-6-25(2)3)17(20(21)27)19-18(15)23-12-24-19/h8-12H,5-7H2,1-4H3,(H2,21,27)(H,23,24). The smallest absolute Gasteiger partial charge is 0.253 e. The van der Waals surface area contributed by atoms with Gasteiger partial charge in [0.15, 0.2) is 0 Å². The number of aromatic nitrogens is 3. The number of benzene rings is 1. The van der Waals surface area contributed by atoms with Gasteiger partial charge in [-0.3, -0.25) is 9.78 Å². The Hall–Kier alpha value is -3.13. The molecule has 28 heavy (non-hydrogen) atoms. The first-order chi connectivity index (χ1) is 13.4. The van der Waals surface area contributed by atoms with E-state index in [2.05, 4.69) is 19.9 Å². The van der Waals surface area contributed by atoms with E-state index in [0.29, 0.717) is 29.0 Å². The third kappa shape index (κ3) is 3.91. The van der Waals surface area contributed by atoms with Gasteiger partial charge < -0.3 is 25.3 Å². The van der Waals surface area contributed by atoms with E-state index in [0.717, 1.165) is 29.9 Å². The molecule has 148 valence electrons. The Morgan fingerprint density at radius 2 is 2.00 bits per heavy atom. The van der Waals surface area contributed by atoms with Crippen LogP contribution in [0.2, 0.25) is 0 Å². The van der Waals surface area contributed by atoms with E-state index in [1.54, 1.807) is 18.7 Å². The maximum Gasteiger partial charge on any atom is 0.253 e. The molecule has 0 aliphatic carbocycles. The Bertz CT molecular complexity index is 982. The monoisotopic (exact) mass is 382 g/mol. The highest BCUT2D eigenvalue weighted by Crippen LogP contribution is 2.36. The molecule has 0 fully saturated rings. The number of hydrogen-bond donors (Lipinski definition) is 2. The topological polar surface area (TPSA) is 100 Å². The number of nitrogens with two attached hydrogens (primary N) is 1. The fourth-order valence-electron chi connectivity index (χ4n) is 3.15. The lowest BCUT2D eigenvalue weighted by Crippen LogP contribution is -2.30. The van der Waals surface area contributed by atoms with Gasteiger partial charge in [-0.05, 0) is 33.2 Å². The van der Waals surface area contributed by atoms with Crippen LogP contribution < -0.4 is 15.4 Å². The van der Waals surface area contributed by atoms with Gasteiger partial charge in [0.05, 0.1) is 41.4 Å². The maximum absolute atomic E-state index is 12.3. The van der Waals surface area contributed by atoms with Gasteiger partial charge >= 0.3 is 0 Å². The largest absolute Gasteiger partial charge is 0.492 e. The summed E-state index contributed by atoms with van der Waals surface area (Å²) in [6, 6.07) is 3.87. The minimum Gasteiger partial charge on any atom is -0.492 e. The summed E-state index contributed by atoms with van der Waals surface area (Å²) in [6.45, 7) is 4.07. The van der Waals surface area contributed by atoms with E-state index in [1.807, 2.05) is 45.1 Å². The van der Waals surface area contributed by atoms with Crippen molar-refractivity contribution in [2.24, 2.45) is 5.73 Å². The molecule has 0 bridgehead atoms. The van der Waals surface area contributed by atoms with Crippen LogP contribution in [-0.2, 0) is 0 Å². The summed E-state index contributed by atoms with van der Waals surface area (Å²) < 4.78 is 5.59. The van der Waals surface area contributed by atoms with Gasteiger partial charge in [-0.25, -0.2) is 4.98 Å². The number of carbonyl (C=O) groups is 1. The van der Waals surface area contributed by atoms with Crippen LogP contribution in [0.1, 0.15) is 17.3 Å². The van der Waals surface area contributed by atoms with Crippen LogP contribution in [0.5, 0.6) is 5.75 Å². The number of anilines is 1. The van der Waals surface area contributed by atoms with Crippen LogP contribution in [-0.4, -0.2) is 66.6 Å². The number of hydrogen-bond acceptors (Lipinski definition) is 6. The number of primary amides is 1. The predicted molar refractivity (Wildman–Crippen MR) is 111 cm³/mol. The fourth-order valence-corrected chi connectivity index (χ4v) is 3.15. The summed E-state index contributed by atoms with van der Waals surface area (Å²) in [5, 5.41) is 0. The van der Waals surface area contributed by atoms with E-state index in [-0.39, 0.29) is 0 Å². The highest BCUT2D eigenvalue weighted by atomic mass is 16.5. The van der Waals surface area contributed by atoms with Gasteiger partial charge in [0.1, 0.15) is 5.75 Å². The van der Waals surface area contributed by atoms with Crippen molar-refractivity contribution in [2.45, 2.75) is 6.92 Å². The first-order valence-corrected chi connectivity index (χ1v) is 9.16. The first kappa shape index (κ1) is 19.6. The molecule has 0 spiro atoms. The predicted octanol–water partition coefficient (Wildman–Crippen LogP) is 2.12. The Kier molecular flexibility index (Phi) is 5.79. The first-order valence-electron chi connectivity index (χ1n) is 9.16. The van der Waals surface area contributed by atoms with E-state index >= 15 is 0 Å². The fraction of sp³-hybridized carbons (Fsp3) is 0.350. The van der Waals surface area contributed by atoms with Crippen molar-refractivity contribution in [1.82, 2.24) is 19.9 Å². The van der Waals surface area contributed by atoms with Gasteiger partial charge in [0, 0.05) is 37.5 Å². The van der Waals surface area contributed by atoms with E-state index in [1.165, 1.54) is 0 Å². The summed E-state index contributed by atoms with van der Waals surface area (Å²) in [4.78, 5) is 28.2. The number of carbonyl (C=O) groups excluding carboxylic acids is 1. The van der Waals surface area contributed by atoms with Crippen LogP contribution in [0, 0.1) is 0 Å². The van der Waals surface area contributed by atoms with Crippen molar-refractivity contribution in [3.05, 3.63) is 36.4 Å². The lowest BCUT2D eigenvalue weighted by molar-refractivity contribution is 0.100. The van der Waals surface area contributed by atoms with Crippen molar-refractivity contribution >= 4 is 22.6 Å². The van der Waals surface area contributed by atoms with Gasteiger partial charge in [0.25, 0.3) is 5.91 Å². The van der Waals surface area contributed by atoms with Crippen molar-refractivity contribution < 1.29 is 9.53 Å². The van der Waals surface area contributed by atoms with E-state index < -0.39 is 5.91 Å². The second-order valence-electron chi connectivity index (χ2n) is 6.88. The summed E-state index contributed by atoms with van der Waals surface area (Å²) in [5.41, 5.74) is 9.94. The van der Waals surface area contributed by atoms with Gasteiger partial charge in [0.2, 0.25) is 0 Å². The molecule has 3 rings (SSSR count). The zero-order chi connectivity index (χ0) is 20.3. The molecule has 0 saturated carbocycles. The number of nitrogens with zero attached hydrogens (tertiary/aromatic N) is 4. The second-order valence-corrected chi connectivity index (χ2v) is 6.88. The normalized spacial score (nSPS) is 11.2. The second kappa shape index (κ2) is 8.26. The highest BCUT2D eigenvalue weighted by molar-refractivity contribution is 6.12. The number of H-pyrrole nitrogens is 1. The summed E-state index contributed by atoms with van der Waals surface area (Å²) in [6.07, 6.45) is 5.01. The van der Waals surface area contributed by atoms with E-state index in [4.69, 9.17) is 10.5 Å². The van der Waals surface area contributed by atoms with Crippen LogP contribution in [0.25, 0.3) is 22.2 Å². The number of fused-ring (bicyclic) bond motifs is 1. The summed E-state index contributed by atoms with van der Waals surface area (Å²) in [5.74, 6) is 0.193. The maximum atomic E-state index is 12.3. The number of nitrogens with one attached hydrogen (secondary N) is 1. The molecule has 3 N–H and O–H groups in total. The van der Waals surface area contributed by atoms with Crippen molar-refractivity contribution in [2.75, 3.05) is 45.7 Å². The zero-order valence-electron chi connectivity index (χ0n) is 16.7. The Morgan fingerprint density at radius 1 is 1.21 bits per heavy atom. The summed E-state index contributed by atoms with van der Waals surface area (Å²) >= 11 is 0. The number of pyridine rings is 1. The number of rotatable bonds is 8. The number of amides is 1. The molecule has 0 aliphatic rings. The molecule has 8 heteroatoms. The molecule has 0 atom stereocenters. The molecule has 1 aromatic carbocycles. The third-order valence-corrected chi connectivity index (χ3v) is 4.56. The molecule has 2 heterocycles. The zero-order valence-corrected chi connectivity index (χ0v) is 16.7. The molecule has 3 aromatic rings. The Labute approximate surface area is 164 Å². The number of ether oxygens (including phenoxy) is 1. The molecule has 0 aliphatic heterocycles. The van der Waals surface area contributed by atoms with Crippen molar-refractivity contribution in [3.8, 4) is 16.9 Å². The average Bonchev–Trinajstić information content (AvgIpc) is 3.14. The number of imidazole rings is 1. The molecule has 1 amide bonds. The van der Waals surface area contributed by atoms with Gasteiger partial charge in [-0.15, -0.1) is 0 Å². The number of aromatic amines is 1. The average molecular weight is 382 g/mol. The van der Waals surface area contributed by atoms with Crippen LogP contribution >= 0.6 is 0 Å². The third-order valence-electron chi connectivity index (χ3n) is 4.56. The lowest BCUT2D eigenvalue weighted by Gasteiger charge is -2.24. The van der Waals surface area contributed by atoms with Crippen LogP contribution in [0.4, 0.5) is 5.69 Å². The quantitative estimate of drug-likeness (QED) is 0.619. The molecular formula is C20H26N6O2. The van der Waals surface area contributed by atoms with Gasteiger partial charge in [-0.1, -0.05) is 0 Å². The van der Waals surface area contributed by atoms with E-state index in [9.17, 15) is 4.79 Å². The minimum absolute atomic E-state index is 0.437. The molecule has 0 unspecified atom stereocenters. The lowest BCUT2D eigenvalue weighted by atomic mass is 9.99. The van der Waals surface area contributed by atoms with Gasteiger partial charge in [-0.2, -0.15) is 0 Å². The van der Waals surface area contributed by atoms with Crippen molar-refractivity contribution in [1.29, 1.82) is 0 Å². The Morgan fingerprint density at radius 3 is 2.68 bits per heavy atom. The van der Waals surface area contributed by atoms with Crippen LogP contribution in [0.15, 0.2) is 30.9 Å². The SMILES string of the molecule is CCOc1cncc(-c2cc(N(C)CCN(C)C)c(C(N)=O)c3[nH]cnc23)c1. The minimum atomic E-state index is -0.492.